The molecule has 1 aliphatic heterocycles. The molecule has 8 heteroatoms. The number of hydrogen-bond acceptors (Lipinski definition) is 5. The Kier molecular flexibility index (Phi) is 4.48. The molecule has 1 aliphatic rings. The molecule has 1 aromatic carbocycles. The van der Waals surface area contributed by atoms with Crippen LogP contribution in [0.3, 0.4) is 0 Å². The molecule has 1 fully saturated rings. The average molecular weight is 314 g/mol. The fraction of sp³-hybridized carbons (Fsp3) is 0.538. The van der Waals surface area contributed by atoms with Gasteiger partial charge in [0.15, 0.2) is 5.75 Å². The minimum Gasteiger partial charge on any atom is -0.490 e. The van der Waals surface area contributed by atoms with Crippen molar-refractivity contribution in [3.63, 3.8) is 0 Å². The van der Waals surface area contributed by atoms with Crippen LogP contribution in [0.4, 0.5) is 5.69 Å². The van der Waals surface area contributed by atoms with E-state index in [1.165, 1.54) is 23.5 Å². The topological polar surface area (TPSA) is 89.8 Å². The van der Waals surface area contributed by atoms with E-state index in [0.29, 0.717) is 19.0 Å². The van der Waals surface area contributed by atoms with Crippen LogP contribution in [0.1, 0.15) is 19.8 Å². The summed E-state index contributed by atoms with van der Waals surface area (Å²) in [5.41, 5.74) is -0.344. The van der Waals surface area contributed by atoms with E-state index >= 15 is 0 Å². The van der Waals surface area contributed by atoms with E-state index in [4.69, 9.17) is 4.74 Å². The highest BCUT2D eigenvalue weighted by Crippen LogP contribution is 2.31. The number of nitro benzene ring substituents is 1. The van der Waals surface area contributed by atoms with Crippen LogP contribution >= 0.6 is 0 Å². The van der Waals surface area contributed by atoms with Gasteiger partial charge in [0.25, 0.3) is 0 Å². The average Bonchev–Trinajstić information content (AvgIpc) is 2.46. The van der Waals surface area contributed by atoms with Gasteiger partial charge in [0, 0.05) is 19.2 Å². The lowest BCUT2D eigenvalue weighted by atomic mass is 10.0. The maximum atomic E-state index is 12.5. The summed E-state index contributed by atoms with van der Waals surface area (Å²) in [6.45, 7) is 2.98. The molecule has 21 heavy (non-hydrogen) atoms. The Morgan fingerprint density at radius 3 is 2.48 bits per heavy atom. The number of hydrogen-bond donors (Lipinski definition) is 0. The standard InChI is InChI=1S/C13H18N2O5S/c1-10-5-7-14(8-6-10)21(18,19)11-3-4-13(20-2)12(9-11)15(16)17/h3-4,9-10H,5-8H2,1-2H3. The molecule has 0 aromatic heterocycles. The first-order chi connectivity index (χ1) is 9.86. The second-order valence-corrected chi connectivity index (χ2v) is 7.12. The summed E-state index contributed by atoms with van der Waals surface area (Å²) in [6, 6.07) is 3.73. The van der Waals surface area contributed by atoms with Gasteiger partial charge in [-0.3, -0.25) is 10.1 Å². The SMILES string of the molecule is COc1ccc(S(=O)(=O)N2CCC(C)CC2)cc1[N+](=O)[O-]. The van der Waals surface area contributed by atoms with Crippen LogP contribution < -0.4 is 4.74 Å². The molecule has 0 amide bonds. The second-order valence-electron chi connectivity index (χ2n) is 5.18. The molecule has 1 aromatic rings. The van der Waals surface area contributed by atoms with E-state index in [1.54, 1.807) is 0 Å². The molecule has 1 saturated heterocycles. The Morgan fingerprint density at radius 2 is 1.95 bits per heavy atom. The van der Waals surface area contributed by atoms with Gasteiger partial charge in [-0.2, -0.15) is 4.31 Å². The van der Waals surface area contributed by atoms with Crippen molar-refractivity contribution in [2.75, 3.05) is 20.2 Å². The molecule has 0 aliphatic carbocycles. The van der Waals surface area contributed by atoms with Crippen LogP contribution in [0.15, 0.2) is 23.1 Å². The summed E-state index contributed by atoms with van der Waals surface area (Å²) in [5.74, 6) is 0.549. The molecule has 0 saturated carbocycles. The number of nitrogens with zero attached hydrogens (tertiary/aromatic N) is 2. The lowest BCUT2D eigenvalue weighted by molar-refractivity contribution is -0.386. The van der Waals surface area contributed by atoms with Gasteiger partial charge in [-0.25, -0.2) is 8.42 Å². The highest BCUT2D eigenvalue weighted by molar-refractivity contribution is 7.89. The number of rotatable bonds is 4. The number of methoxy groups -OCH3 is 1. The summed E-state index contributed by atoms with van der Waals surface area (Å²) in [7, 11) is -2.39. The molecule has 1 heterocycles. The van der Waals surface area contributed by atoms with Crippen LogP contribution in [0, 0.1) is 16.0 Å². The van der Waals surface area contributed by atoms with Crippen LogP contribution in [-0.2, 0) is 10.0 Å². The Labute approximate surface area is 123 Å². The van der Waals surface area contributed by atoms with Gasteiger partial charge >= 0.3 is 5.69 Å². The Balaban J connectivity index is 2.36. The maximum absolute atomic E-state index is 12.5. The minimum atomic E-state index is -3.69. The van der Waals surface area contributed by atoms with Gasteiger partial charge in [0.05, 0.1) is 16.9 Å². The Hall–Kier alpha value is -1.67. The molecule has 0 N–H and O–H groups in total. The lowest BCUT2D eigenvalue weighted by Crippen LogP contribution is -2.37. The number of benzene rings is 1. The van der Waals surface area contributed by atoms with E-state index in [2.05, 4.69) is 6.92 Å². The van der Waals surface area contributed by atoms with Crippen LogP contribution in [0.25, 0.3) is 0 Å². The molecule has 0 unspecified atom stereocenters. The third kappa shape index (κ3) is 3.16. The summed E-state index contributed by atoms with van der Waals surface area (Å²) in [4.78, 5) is 10.3. The van der Waals surface area contributed by atoms with E-state index in [1.807, 2.05) is 0 Å². The van der Waals surface area contributed by atoms with Crippen LogP contribution in [0.2, 0.25) is 0 Å². The van der Waals surface area contributed by atoms with Crippen LogP contribution in [-0.4, -0.2) is 37.8 Å². The summed E-state index contributed by atoms with van der Waals surface area (Å²) in [6.07, 6.45) is 1.61. The van der Waals surface area contributed by atoms with Gasteiger partial charge in [-0.05, 0) is 30.9 Å². The monoisotopic (exact) mass is 314 g/mol. The van der Waals surface area contributed by atoms with E-state index < -0.39 is 14.9 Å². The largest absolute Gasteiger partial charge is 0.490 e. The van der Waals surface area contributed by atoms with Crippen molar-refractivity contribution in [2.45, 2.75) is 24.7 Å². The first kappa shape index (κ1) is 15.7. The first-order valence-corrected chi connectivity index (χ1v) is 8.13. The van der Waals surface area contributed by atoms with Gasteiger partial charge in [0.2, 0.25) is 10.0 Å². The van der Waals surface area contributed by atoms with Crippen molar-refractivity contribution in [1.82, 2.24) is 4.31 Å². The third-order valence-corrected chi connectivity index (χ3v) is 5.62. The quantitative estimate of drug-likeness (QED) is 0.626. The predicted molar refractivity (Wildman–Crippen MR) is 76.8 cm³/mol. The zero-order valence-electron chi connectivity index (χ0n) is 12.0. The molecule has 0 spiro atoms. The normalized spacial score (nSPS) is 17.6. The summed E-state index contributed by atoms with van der Waals surface area (Å²) in [5, 5.41) is 11.0. The van der Waals surface area contributed by atoms with Crippen molar-refractivity contribution in [3.8, 4) is 5.75 Å². The zero-order valence-corrected chi connectivity index (χ0v) is 12.8. The molecule has 0 radical (unpaired) electrons. The van der Waals surface area contributed by atoms with E-state index in [0.717, 1.165) is 18.9 Å². The van der Waals surface area contributed by atoms with Gasteiger partial charge in [0.1, 0.15) is 0 Å². The highest BCUT2D eigenvalue weighted by Gasteiger charge is 2.30. The Morgan fingerprint density at radius 1 is 1.33 bits per heavy atom. The molecule has 7 nitrogen and oxygen atoms in total. The first-order valence-electron chi connectivity index (χ1n) is 6.69. The van der Waals surface area contributed by atoms with E-state index in [9.17, 15) is 18.5 Å². The number of ether oxygens (including phenoxy) is 1. The van der Waals surface area contributed by atoms with Gasteiger partial charge in [-0.1, -0.05) is 6.92 Å². The smallest absolute Gasteiger partial charge is 0.312 e. The fourth-order valence-corrected chi connectivity index (χ4v) is 3.84. The van der Waals surface area contributed by atoms with Crippen molar-refractivity contribution in [3.05, 3.63) is 28.3 Å². The zero-order chi connectivity index (χ0) is 15.6. The second kappa shape index (κ2) is 5.98. The molecule has 2 rings (SSSR count). The number of piperidine rings is 1. The van der Waals surface area contributed by atoms with Gasteiger partial charge in [-0.15, -0.1) is 0 Å². The molecular weight excluding hydrogens is 296 g/mol. The Bertz CT molecular complexity index is 636. The summed E-state index contributed by atoms with van der Waals surface area (Å²) >= 11 is 0. The van der Waals surface area contributed by atoms with Crippen molar-refractivity contribution < 1.29 is 18.1 Å². The maximum Gasteiger partial charge on any atom is 0.312 e. The fourth-order valence-electron chi connectivity index (χ4n) is 2.35. The van der Waals surface area contributed by atoms with E-state index in [-0.39, 0.29) is 16.3 Å². The summed E-state index contributed by atoms with van der Waals surface area (Å²) < 4.78 is 31.3. The van der Waals surface area contributed by atoms with Crippen molar-refractivity contribution in [1.29, 1.82) is 0 Å². The number of nitro groups is 1. The molecule has 0 bridgehead atoms. The van der Waals surface area contributed by atoms with Crippen LogP contribution in [0.5, 0.6) is 5.75 Å². The predicted octanol–water partition coefficient (Wildman–Crippen LogP) is 2.02. The number of sulfonamides is 1. The highest BCUT2D eigenvalue weighted by atomic mass is 32.2. The van der Waals surface area contributed by atoms with Crippen molar-refractivity contribution in [2.24, 2.45) is 5.92 Å². The lowest BCUT2D eigenvalue weighted by Gasteiger charge is -2.29. The molecule has 116 valence electrons. The molecular formula is C13H18N2O5S. The minimum absolute atomic E-state index is 0.0474. The third-order valence-electron chi connectivity index (χ3n) is 3.73. The van der Waals surface area contributed by atoms with Crippen molar-refractivity contribution >= 4 is 15.7 Å². The van der Waals surface area contributed by atoms with Gasteiger partial charge < -0.3 is 4.74 Å². The molecule has 0 atom stereocenters.